The van der Waals surface area contributed by atoms with E-state index >= 15 is 0 Å². The van der Waals surface area contributed by atoms with Gasteiger partial charge in [-0.1, -0.05) is 66.6 Å². The zero-order chi connectivity index (χ0) is 28.7. The Balaban J connectivity index is 2.07. The van der Waals surface area contributed by atoms with Crippen LogP contribution in [-0.4, -0.2) is 43.8 Å². The third-order valence-corrected chi connectivity index (χ3v) is 8.42. The van der Waals surface area contributed by atoms with Crippen LogP contribution < -0.4 is 9.62 Å². The second kappa shape index (κ2) is 12.9. The molecule has 208 valence electrons. The highest BCUT2D eigenvalue weighted by Gasteiger charge is 2.34. The van der Waals surface area contributed by atoms with Crippen molar-refractivity contribution in [3.05, 3.63) is 95.1 Å². The molecule has 0 aliphatic heterocycles. The summed E-state index contributed by atoms with van der Waals surface area (Å²) >= 11 is 0. The Hall–Kier alpha value is -3.65. The lowest BCUT2D eigenvalue weighted by atomic mass is 10.1. The molecule has 0 radical (unpaired) electrons. The predicted molar refractivity (Wildman–Crippen MR) is 156 cm³/mol. The molecule has 0 bridgehead atoms. The van der Waals surface area contributed by atoms with E-state index in [1.807, 2.05) is 77.9 Å². The number of hydrogen-bond donors (Lipinski definition) is 1. The maximum atomic E-state index is 14.1. The second-order valence-corrected chi connectivity index (χ2v) is 12.1. The predicted octanol–water partition coefficient (Wildman–Crippen LogP) is 5.14. The van der Waals surface area contributed by atoms with Gasteiger partial charge in [0.05, 0.1) is 10.6 Å². The lowest BCUT2D eigenvalue weighted by Gasteiger charge is -2.34. The first kappa shape index (κ1) is 29.9. The Labute approximate surface area is 232 Å². The van der Waals surface area contributed by atoms with Gasteiger partial charge in [-0.3, -0.25) is 13.9 Å². The minimum atomic E-state index is -4.08. The summed E-state index contributed by atoms with van der Waals surface area (Å²) in [5.41, 5.74) is 4.15. The quantitative estimate of drug-likeness (QED) is 0.359. The van der Waals surface area contributed by atoms with E-state index in [9.17, 15) is 18.0 Å². The molecule has 8 heteroatoms. The number of nitrogens with zero attached hydrogens (tertiary/aromatic N) is 2. The number of sulfonamides is 1. The van der Waals surface area contributed by atoms with Crippen LogP contribution in [0.1, 0.15) is 49.4 Å². The largest absolute Gasteiger partial charge is 0.352 e. The zero-order valence-electron chi connectivity index (χ0n) is 23.6. The number of anilines is 1. The Morgan fingerprint density at radius 3 is 1.95 bits per heavy atom. The molecular formula is C31H39N3O4S. The molecule has 0 spiro atoms. The van der Waals surface area contributed by atoms with Crippen molar-refractivity contribution >= 4 is 27.5 Å². The Morgan fingerprint density at radius 2 is 1.41 bits per heavy atom. The highest BCUT2D eigenvalue weighted by Crippen LogP contribution is 2.26. The number of amides is 2. The van der Waals surface area contributed by atoms with E-state index in [1.165, 1.54) is 4.90 Å². The second-order valence-electron chi connectivity index (χ2n) is 10.2. The summed E-state index contributed by atoms with van der Waals surface area (Å²) in [5, 5.41) is 2.92. The van der Waals surface area contributed by atoms with Gasteiger partial charge in [0.25, 0.3) is 10.0 Å². The van der Waals surface area contributed by atoms with Crippen molar-refractivity contribution in [2.24, 2.45) is 0 Å². The molecule has 1 atom stereocenters. The van der Waals surface area contributed by atoms with Crippen LogP contribution in [0.2, 0.25) is 0 Å². The highest BCUT2D eigenvalue weighted by molar-refractivity contribution is 7.92. The van der Waals surface area contributed by atoms with E-state index in [-0.39, 0.29) is 23.4 Å². The average Bonchev–Trinajstić information content (AvgIpc) is 2.88. The molecule has 0 aromatic heterocycles. The molecule has 0 saturated carbocycles. The first-order chi connectivity index (χ1) is 18.4. The summed E-state index contributed by atoms with van der Waals surface area (Å²) in [5.74, 6) is -0.724. The van der Waals surface area contributed by atoms with Crippen molar-refractivity contribution in [2.45, 2.75) is 71.5 Å². The smallest absolute Gasteiger partial charge is 0.264 e. The van der Waals surface area contributed by atoms with E-state index in [2.05, 4.69) is 5.32 Å². The van der Waals surface area contributed by atoms with E-state index in [0.717, 1.165) is 26.6 Å². The summed E-state index contributed by atoms with van der Waals surface area (Å²) in [6.45, 7) is 11.1. The molecule has 0 heterocycles. The normalized spacial score (nSPS) is 12.2. The molecule has 3 aromatic rings. The van der Waals surface area contributed by atoms with Gasteiger partial charge in [-0.05, 0) is 76.4 Å². The van der Waals surface area contributed by atoms with Gasteiger partial charge in [0, 0.05) is 12.6 Å². The van der Waals surface area contributed by atoms with Gasteiger partial charge >= 0.3 is 0 Å². The molecule has 7 nitrogen and oxygen atoms in total. The number of carbonyl (C=O) groups excluding carboxylic acids is 2. The standard InChI is InChI=1S/C31H39N3O4S/c1-7-29(31(36)32-22(2)3)33(20-26-11-9-8-10-25(26)6)30(35)21-34(27-16-12-23(4)13-17-27)39(37,38)28-18-14-24(5)15-19-28/h8-19,22,29H,7,20-21H2,1-6H3,(H,32,36). The Kier molecular flexibility index (Phi) is 9.92. The van der Waals surface area contributed by atoms with Gasteiger partial charge < -0.3 is 10.2 Å². The Morgan fingerprint density at radius 1 is 0.846 bits per heavy atom. The summed E-state index contributed by atoms with van der Waals surface area (Å²) < 4.78 is 28.9. The van der Waals surface area contributed by atoms with Crippen LogP contribution in [0.25, 0.3) is 0 Å². The van der Waals surface area contributed by atoms with Crippen molar-refractivity contribution in [1.29, 1.82) is 0 Å². The number of nitrogens with one attached hydrogen (secondary N) is 1. The molecule has 0 aliphatic rings. The van der Waals surface area contributed by atoms with Crippen molar-refractivity contribution in [3.63, 3.8) is 0 Å². The lowest BCUT2D eigenvalue weighted by Crippen LogP contribution is -2.53. The zero-order valence-corrected chi connectivity index (χ0v) is 24.5. The van der Waals surface area contributed by atoms with Gasteiger partial charge in [0.1, 0.15) is 12.6 Å². The number of aryl methyl sites for hydroxylation is 3. The van der Waals surface area contributed by atoms with Crippen LogP contribution in [0.3, 0.4) is 0 Å². The highest BCUT2D eigenvalue weighted by atomic mass is 32.2. The fourth-order valence-corrected chi connectivity index (χ4v) is 5.76. The van der Waals surface area contributed by atoms with E-state index in [1.54, 1.807) is 36.4 Å². The molecule has 0 aliphatic carbocycles. The van der Waals surface area contributed by atoms with Crippen molar-refractivity contribution in [3.8, 4) is 0 Å². The summed E-state index contributed by atoms with van der Waals surface area (Å²) in [6.07, 6.45) is 0.380. The number of rotatable bonds is 11. The van der Waals surface area contributed by atoms with Gasteiger partial charge in [0.15, 0.2) is 0 Å². The third kappa shape index (κ3) is 7.47. The van der Waals surface area contributed by atoms with E-state index in [0.29, 0.717) is 12.1 Å². The molecule has 2 amide bonds. The monoisotopic (exact) mass is 549 g/mol. The maximum Gasteiger partial charge on any atom is 0.264 e. The molecule has 3 rings (SSSR count). The van der Waals surface area contributed by atoms with E-state index < -0.39 is 28.5 Å². The van der Waals surface area contributed by atoms with Crippen LogP contribution in [0.15, 0.2) is 77.7 Å². The van der Waals surface area contributed by atoms with Crippen LogP contribution >= 0.6 is 0 Å². The number of hydrogen-bond acceptors (Lipinski definition) is 4. The van der Waals surface area contributed by atoms with E-state index in [4.69, 9.17) is 0 Å². The summed E-state index contributed by atoms with van der Waals surface area (Å²) in [4.78, 5) is 28.9. The number of carbonyl (C=O) groups is 2. The first-order valence-electron chi connectivity index (χ1n) is 13.2. The maximum absolute atomic E-state index is 14.1. The van der Waals surface area contributed by atoms with Crippen LogP contribution in [0, 0.1) is 20.8 Å². The minimum Gasteiger partial charge on any atom is -0.352 e. The number of benzene rings is 3. The average molecular weight is 550 g/mol. The van der Waals surface area contributed by atoms with Gasteiger partial charge in [0.2, 0.25) is 11.8 Å². The third-order valence-electron chi connectivity index (χ3n) is 6.63. The van der Waals surface area contributed by atoms with Gasteiger partial charge in [-0.25, -0.2) is 8.42 Å². The summed E-state index contributed by atoms with van der Waals surface area (Å²) in [6, 6.07) is 20.4. The molecule has 3 aromatic carbocycles. The topological polar surface area (TPSA) is 86.8 Å². The first-order valence-corrected chi connectivity index (χ1v) is 14.7. The lowest BCUT2D eigenvalue weighted by molar-refractivity contribution is -0.140. The fraction of sp³-hybridized carbons (Fsp3) is 0.355. The fourth-order valence-electron chi connectivity index (χ4n) is 4.35. The molecule has 1 unspecified atom stereocenters. The van der Waals surface area contributed by atoms with Crippen molar-refractivity contribution in [1.82, 2.24) is 10.2 Å². The Bertz CT molecular complexity index is 1380. The van der Waals surface area contributed by atoms with Crippen LogP contribution in [-0.2, 0) is 26.2 Å². The van der Waals surface area contributed by atoms with Crippen molar-refractivity contribution in [2.75, 3.05) is 10.8 Å². The summed E-state index contributed by atoms with van der Waals surface area (Å²) in [7, 11) is -4.08. The van der Waals surface area contributed by atoms with Gasteiger partial charge in [-0.2, -0.15) is 0 Å². The molecule has 0 fully saturated rings. The molecule has 39 heavy (non-hydrogen) atoms. The molecule has 1 N–H and O–H groups in total. The van der Waals surface area contributed by atoms with Crippen LogP contribution in [0.5, 0.6) is 0 Å². The van der Waals surface area contributed by atoms with Gasteiger partial charge in [-0.15, -0.1) is 0 Å². The molecular weight excluding hydrogens is 510 g/mol. The minimum absolute atomic E-state index is 0.0940. The van der Waals surface area contributed by atoms with Crippen molar-refractivity contribution < 1.29 is 18.0 Å². The van der Waals surface area contributed by atoms with Crippen LogP contribution in [0.4, 0.5) is 5.69 Å². The SMILES string of the molecule is CCC(C(=O)NC(C)C)N(Cc1ccccc1C)C(=O)CN(c1ccc(C)cc1)S(=O)(=O)c1ccc(C)cc1. The molecule has 0 saturated heterocycles.